The fourth-order valence-corrected chi connectivity index (χ4v) is 2.51. The predicted molar refractivity (Wildman–Crippen MR) is 103 cm³/mol. The van der Waals surface area contributed by atoms with Gasteiger partial charge >= 0.3 is 0 Å². The number of rotatable bonds is 7. The van der Waals surface area contributed by atoms with Crippen molar-refractivity contribution in [3.63, 3.8) is 0 Å². The summed E-state index contributed by atoms with van der Waals surface area (Å²) in [5.41, 5.74) is 2.25. The number of aromatic nitrogens is 3. The Morgan fingerprint density at radius 2 is 1.96 bits per heavy atom. The van der Waals surface area contributed by atoms with Crippen molar-refractivity contribution in [1.82, 2.24) is 19.9 Å². The molecule has 1 N–H and O–H groups in total. The van der Waals surface area contributed by atoms with Gasteiger partial charge in [0.2, 0.25) is 5.95 Å². The SMILES string of the molecule is COc1cccc(Nc2nccc(C(=O)N(C)CCc3ccncc3)n2)c1. The molecule has 27 heavy (non-hydrogen) atoms. The highest BCUT2D eigenvalue weighted by molar-refractivity contribution is 5.92. The number of anilines is 2. The van der Waals surface area contributed by atoms with Crippen LogP contribution in [0, 0.1) is 0 Å². The second-order valence-corrected chi connectivity index (χ2v) is 5.95. The van der Waals surface area contributed by atoms with Gasteiger partial charge in [0.15, 0.2) is 0 Å². The highest BCUT2D eigenvalue weighted by Gasteiger charge is 2.14. The zero-order valence-electron chi connectivity index (χ0n) is 15.3. The molecule has 3 rings (SSSR count). The van der Waals surface area contributed by atoms with Crippen LogP contribution in [0.5, 0.6) is 5.75 Å². The first-order valence-corrected chi connectivity index (χ1v) is 8.54. The summed E-state index contributed by atoms with van der Waals surface area (Å²) < 4.78 is 5.20. The molecule has 0 aliphatic rings. The number of nitrogens with zero attached hydrogens (tertiary/aromatic N) is 4. The molecule has 0 aliphatic carbocycles. The van der Waals surface area contributed by atoms with Crippen molar-refractivity contribution in [2.45, 2.75) is 6.42 Å². The molecule has 0 saturated heterocycles. The van der Waals surface area contributed by atoms with Gasteiger partial charge in [-0.2, -0.15) is 0 Å². The van der Waals surface area contributed by atoms with E-state index < -0.39 is 0 Å². The Kier molecular flexibility index (Phi) is 5.94. The zero-order valence-corrected chi connectivity index (χ0v) is 15.3. The smallest absolute Gasteiger partial charge is 0.272 e. The van der Waals surface area contributed by atoms with E-state index in [9.17, 15) is 4.79 Å². The van der Waals surface area contributed by atoms with Gasteiger partial charge in [0, 0.05) is 43.9 Å². The number of pyridine rings is 1. The van der Waals surface area contributed by atoms with Crippen LogP contribution < -0.4 is 10.1 Å². The molecule has 0 unspecified atom stereocenters. The van der Waals surface area contributed by atoms with Crippen LogP contribution in [-0.4, -0.2) is 46.5 Å². The number of nitrogens with one attached hydrogen (secondary N) is 1. The van der Waals surface area contributed by atoms with Crippen LogP contribution in [0.3, 0.4) is 0 Å². The number of carbonyl (C=O) groups excluding carboxylic acids is 1. The fraction of sp³-hybridized carbons (Fsp3) is 0.200. The second kappa shape index (κ2) is 8.75. The minimum absolute atomic E-state index is 0.153. The summed E-state index contributed by atoms with van der Waals surface area (Å²) in [6, 6.07) is 12.9. The molecule has 1 amide bonds. The van der Waals surface area contributed by atoms with Gasteiger partial charge in [0.25, 0.3) is 5.91 Å². The fourth-order valence-electron chi connectivity index (χ4n) is 2.51. The van der Waals surface area contributed by atoms with Crippen molar-refractivity contribution in [1.29, 1.82) is 0 Å². The zero-order chi connectivity index (χ0) is 19.1. The van der Waals surface area contributed by atoms with E-state index in [2.05, 4.69) is 20.3 Å². The first-order valence-electron chi connectivity index (χ1n) is 8.54. The molecule has 3 aromatic rings. The first-order chi connectivity index (χ1) is 13.2. The van der Waals surface area contributed by atoms with Crippen molar-refractivity contribution in [2.24, 2.45) is 0 Å². The first kappa shape index (κ1) is 18.3. The molecule has 0 atom stereocenters. The van der Waals surface area contributed by atoms with E-state index in [-0.39, 0.29) is 5.91 Å². The standard InChI is InChI=1S/C20H21N5O2/c1-25(13-9-15-6-10-21-11-7-15)19(26)18-8-12-22-20(24-18)23-16-4-3-5-17(14-16)27-2/h3-8,10-12,14H,9,13H2,1-2H3,(H,22,23,24). The lowest BCUT2D eigenvalue weighted by Gasteiger charge is -2.17. The van der Waals surface area contributed by atoms with Crippen molar-refractivity contribution >= 4 is 17.5 Å². The molecule has 0 spiro atoms. The monoisotopic (exact) mass is 363 g/mol. The van der Waals surface area contributed by atoms with Crippen molar-refractivity contribution in [3.8, 4) is 5.75 Å². The maximum atomic E-state index is 12.6. The molecule has 7 nitrogen and oxygen atoms in total. The van der Waals surface area contributed by atoms with E-state index in [4.69, 9.17) is 4.74 Å². The number of amides is 1. The van der Waals surface area contributed by atoms with Gasteiger partial charge in [-0.25, -0.2) is 9.97 Å². The van der Waals surface area contributed by atoms with Gasteiger partial charge in [-0.15, -0.1) is 0 Å². The maximum absolute atomic E-state index is 12.6. The third-order valence-corrected chi connectivity index (χ3v) is 4.03. The highest BCUT2D eigenvalue weighted by atomic mass is 16.5. The summed E-state index contributed by atoms with van der Waals surface area (Å²) in [4.78, 5) is 26.8. The Hall–Kier alpha value is -3.48. The number of benzene rings is 1. The van der Waals surface area contributed by atoms with Crippen LogP contribution in [0.15, 0.2) is 61.1 Å². The average molecular weight is 363 g/mol. The summed E-state index contributed by atoms with van der Waals surface area (Å²) in [6.45, 7) is 0.589. The lowest BCUT2D eigenvalue weighted by atomic mass is 10.2. The maximum Gasteiger partial charge on any atom is 0.272 e. The van der Waals surface area contributed by atoms with Gasteiger partial charge in [0.1, 0.15) is 11.4 Å². The Morgan fingerprint density at radius 3 is 2.74 bits per heavy atom. The van der Waals surface area contributed by atoms with E-state index in [1.54, 1.807) is 43.7 Å². The molecule has 0 radical (unpaired) electrons. The van der Waals surface area contributed by atoms with E-state index in [1.807, 2.05) is 36.4 Å². The largest absolute Gasteiger partial charge is 0.497 e. The molecule has 0 fully saturated rings. The van der Waals surface area contributed by atoms with E-state index in [0.717, 1.165) is 23.4 Å². The summed E-state index contributed by atoms with van der Waals surface area (Å²) in [5.74, 6) is 0.930. The van der Waals surface area contributed by atoms with Gasteiger partial charge in [0.05, 0.1) is 7.11 Å². The second-order valence-electron chi connectivity index (χ2n) is 5.95. The number of ether oxygens (including phenoxy) is 1. The van der Waals surface area contributed by atoms with Crippen molar-refractivity contribution in [2.75, 3.05) is 26.0 Å². The van der Waals surface area contributed by atoms with Gasteiger partial charge in [-0.3, -0.25) is 9.78 Å². The van der Waals surface area contributed by atoms with Gasteiger partial charge in [-0.1, -0.05) is 6.07 Å². The van der Waals surface area contributed by atoms with Crippen LogP contribution >= 0.6 is 0 Å². The van der Waals surface area contributed by atoms with Crippen LogP contribution in [0.2, 0.25) is 0 Å². The summed E-state index contributed by atoms with van der Waals surface area (Å²) in [7, 11) is 3.37. The van der Waals surface area contributed by atoms with E-state index in [0.29, 0.717) is 18.2 Å². The number of likely N-dealkylation sites (N-methyl/N-ethyl adjacent to an activating group) is 1. The minimum Gasteiger partial charge on any atom is -0.497 e. The quantitative estimate of drug-likeness (QED) is 0.695. The number of hydrogen-bond donors (Lipinski definition) is 1. The Balaban J connectivity index is 1.65. The lowest BCUT2D eigenvalue weighted by Crippen LogP contribution is -2.29. The molecular weight excluding hydrogens is 342 g/mol. The Morgan fingerprint density at radius 1 is 1.15 bits per heavy atom. The lowest BCUT2D eigenvalue weighted by molar-refractivity contribution is 0.0791. The minimum atomic E-state index is -0.153. The van der Waals surface area contributed by atoms with Gasteiger partial charge in [-0.05, 0) is 42.3 Å². The van der Waals surface area contributed by atoms with Gasteiger partial charge < -0.3 is 15.0 Å². The van der Waals surface area contributed by atoms with Crippen LogP contribution in [0.25, 0.3) is 0 Å². The molecule has 0 aliphatic heterocycles. The molecular formula is C20H21N5O2. The van der Waals surface area contributed by atoms with Crippen LogP contribution in [0.1, 0.15) is 16.1 Å². The molecule has 1 aromatic carbocycles. The molecule has 2 heterocycles. The van der Waals surface area contributed by atoms with E-state index in [1.165, 1.54) is 0 Å². The number of methoxy groups -OCH3 is 1. The van der Waals surface area contributed by atoms with Crippen molar-refractivity contribution < 1.29 is 9.53 Å². The topological polar surface area (TPSA) is 80.2 Å². The van der Waals surface area contributed by atoms with E-state index >= 15 is 0 Å². The summed E-state index contributed by atoms with van der Waals surface area (Å²) in [6.07, 6.45) is 5.82. The molecule has 7 heteroatoms. The molecule has 2 aromatic heterocycles. The van der Waals surface area contributed by atoms with Crippen LogP contribution in [0.4, 0.5) is 11.6 Å². The normalized spacial score (nSPS) is 10.3. The predicted octanol–water partition coefficient (Wildman–Crippen LogP) is 2.94. The number of hydrogen-bond acceptors (Lipinski definition) is 6. The van der Waals surface area contributed by atoms with Crippen molar-refractivity contribution in [3.05, 3.63) is 72.3 Å². The van der Waals surface area contributed by atoms with Crippen LogP contribution in [-0.2, 0) is 6.42 Å². The molecule has 138 valence electrons. The highest BCUT2D eigenvalue weighted by Crippen LogP contribution is 2.19. The average Bonchev–Trinajstić information content (AvgIpc) is 2.72. The Labute approximate surface area is 158 Å². The third kappa shape index (κ3) is 5.01. The molecule has 0 saturated carbocycles. The molecule has 0 bridgehead atoms. The number of carbonyl (C=O) groups is 1. The summed E-state index contributed by atoms with van der Waals surface area (Å²) >= 11 is 0. The third-order valence-electron chi connectivity index (χ3n) is 4.03. The Bertz CT molecular complexity index is 902. The summed E-state index contributed by atoms with van der Waals surface area (Å²) in [5, 5.41) is 3.09.